The van der Waals surface area contributed by atoms with Crippen molar-refractivity contribution in [2.45, 2.75) is 18.9 Å². The molecule has 1 aromatic carbocycles. The first kappa shape index (κ1) is 14.0. The van der Waals surface area contributed by atoms with E-state index in [1.165, 1.54) is 18.2 Å². The van der Waals surface area contributed by atoms with Crippen LogP contribution in [0.1, 0.15) is 23.2 Å². The molecule has 1 fully saturated rings. The number of halogens is 1. The fraction of sp³-hybridized carbons (Fsp3) is 0.417. The predicted octanol–water partition coefficient (Wildman–Crippen LogP) is 2.69. The summed E-state index contributed by atoms with van der Waals surface area (Å²) in [7, 11) is 0. The highest BCUT2D eigenvalue weighted by molar-refractivity contribution is 9.10. The summed E-state index contributed by atoms with van der Waals surface area (Å²) in [6.07, 6.45) is 1.11. The zero-order valence-corrected chi connectivity index (χ0v) is 11.6. The zero-order chi connectivity index (χ0) is 13.8. The number of carbonyl (C=O) groups is 1. The van der Waals surface area contributed by atoms with E-state index in [-0.39, 0.29) is 21.8 Å². The van der Waals surface area contributed by atoms with Crippen LogP contribution in [0.3, 0.4) is 0 Å². The number of nitro benzene ring substituents is 1. The van der Waals surface area contributed by atoms with Crippen LogP contribution in [0.25, 0.3) is 0 Å². The maximum Gasteiger partial charge on any atom is 0.339 e. The molecule has 0 amide bonds. The first-order valence-corrected chi connectivity index (χ1v) is 6.60. The van der Waals surface area contributed by atoms with Gasteiger partial charge in [0.15, 0.2) is 0 Å². The maximum atomic E-state index is 12.0. The molecular formula is C12H12BrNO5. The molecule has 1 heterocycles. The monoisotopic (exact) mass is 329 g/mol. The van der Waals surface area contributed by atoms with Gasteiger partial charge in [0.1, 0.15) is 10.6 Å². The van der Waals surface area contributed by atoms with Gasteiger partial charge in [0.25, 0.3) is 5.69 Å². The summed E-state index contributed by atoms with van der Waals surface area (Å²) in [5.41, 5.74) is 0.0159. The Morgan fingerprint density at radius 1 is 1.42 bits per heavy atom. The van der Waals surface area contributed by atoms with Crippen LogP contribution in [0, 0.1) is 10.1 Å². The van der Waals surface area contributed by atoms with E-state index in [1.54, 1.807) is 0 Å². The second-order valence-electron chi connectivity index (χ2n) is 4.11. The normalized spacial score (nSPS) is 16.1. The number of benzene rings is 1. The van der Waals surface area contributed by atoms with E-state index in [2.05, 4.69) is 15.9 Å². The largest absolute Gasteiger partial charge is 0.459 e. The molecule has 1 aliphatic heterocycles. The standard InChI is InChI=1S/C12H12BrNO5/c13-11-9(2-1-3-10(11)14(16)17)12(15)19-8-4-6-18-7-5-8/h1-3,8H,4-7H2. The number of hydrogen-bond donors (Lipinski definition) is 0. The van der Waals surface area contributed by atoms with Crippen molar-refractivity contribution in [2.75, 3.05) is 13.2 Å². The van der Waals surface area contributed by atoms with Gasteiger partial charge in [0.05, 0.1) is 23.7 Å². The molecular weight excluding hydrogens is 318 g/mol. The van der Waals surface area contributed by atoms with E-state index in [0.29, 0.717) is 26.1 Å². The van der Waals surface area contributed by atoms with Crippen LogP contribution in [0.4, 0.5) is 5.69 Å². The molecule has 6 nitrogen and oxygen atoms in total. The molecule has 102 valence electrons. The Hall–Kier alpha value is -1.47. The molecule has 0 aliphatic carbocycles. The van der Waals surface area contributed by atoms with Crippen LogP contribution in [-0.2, 0) is 9.47 Å². The summed E-state index contributed by atoms with van der Waals surface area (Å²) in [5, 5.41) is 10.8. The minimum Gasteiger partial charge on any atom is -0.459 e. The summed E-state index contributed by atoms with van der Waals surface area (Å²) in [5.74, 6) is -0.553. The van der Waals surface area contributed by atoms with Crippen molar-refractivity contribution < 1.29 is 19.2 Å². The molecule has 2 rings (SSSR count). The average molecular weight is 330 g/mol. The number of ether oxygens (including phenoxy) is 2. The highest BCUT2D eigenvalue weighted by Crippen LogP contribution is 2.29. The van der Waals surface area contributed by atoms with E-state index in [0.717, 1.165) is 0 Å². The van der Waals surface area contributed by atoms with Crippen molar-refractivity contribution in [2.24, 2.45) is 0 Å². The molecule has 19 heavy (non-hydrogen) atoms. The van der Waals surface area contributed by atoms with Gasteiger partial charge in [-0.05, 0) is 22.0 Å². The van der Waals surface area contributed by atoms with Crippen LogP contribution in [0.2, 0.25) is 0 Å². The molecule has 0 unspecified atom stereocenters. The predicted molar refractivity (Wildman–Crippen MR) is 70.1 cm³/mol. The van der Waals surface area contributed by atoms with Gasteiger partial charge >= 0.3 is 5.97 Å². The molecule has 1 aliphatic rings. The van der Waals surface area contributed by atoms with Crippen molar-refractivity contribution in [1.82, 2.24) is 0 Å². The van der Waals surface area contributed by atoms with E-state index in [4.69, 9.17) is 9.47 Å². The van der Waals surface area contributed by atoms with Gasteiger partial charge in [-0.2, -0.15) is 0 Å². The molecule has 0 atom stereocenters. The van der Waals surface area contributed by atoms with Gasteiger partial charge in [0, 0.05) is 18.9 Å². The van der Waals surface area contributed by atoms with Gasteiger partial charge in [0.2, 0.25) is 0 Å². The molecule has 0 spiro atoms. The second-order valence-corrected chi connectivity index (χ2v) is 4.91. The lowest BCUT2D eigenvalue weighted by Crippen LogP contribution is -2.26. The van der Waals surface area contributed by atoms with Gasteiger partial charge in [-0.25, -0.2) is 4.79 Å². The van der Waals surface area contributed by atoms with Crippen molar-refractivity contribution >= 4 is 27.6 Å². The number of hydrogen-bond acceptors (Lipinski definition) is 5. The highest BCUT2D eigenvalue weighted by atomic mass is 79.9. The van der Waals surface area contributed by atoms with Crippen LogP contribution >= 0.6 is 15.9 Å². The average Bonchev–Trinajstić information content (AvgIpc) is 2.39. The van der Waals surface area contributed by atoms with Crippen molar-refractivity contribution in [3.8, 4) is 0 Å². The quantitative estimate of drug-likeness (QED) is 0.484. The van der Waals surface area contributed by atoms with Crippen molar-refractivity contribution in [3.05, 3.63) is 38.3 Å². The van der Waals surface area contributed by atoms with Crippen LogP contribution in [-0.4, -0.2) is 30.2 Å². The first-order chi connectivity index (χ1) is 9.09. The van der Waals surface area contributed by atoms with E-state index in [9.17, 15) is 14.9 Å². The molecule has 0 saturated carbocycles. The summed E-state index contributed by atoms with van der Waals surface area (Å²) < 4.78 is 10.6. The molecule has 0 radical (unpaired) electrons. The number of nitro groups is 1. The van der Waals surface area contributed by atoms with Crippen molar-refractivity contribution in [3.63, 3.8) is 0 Å². The lowest BCUT2D eigenvalue weighted by Gasteiger charge is -2.22. The topological polar surface area (TPSA) is 78.7 Å². The SMILES string of the molecule is O=C(OC1CCOCC1)c1cccc([N+](=O)[O-])c1Br. The lowest BCUT2D eigenvalue weighted by atomic mass is 10.1. The Balaban J connectivity index is 2.14. The fourth-order valence-corrected chi connectivity index (χ4v) is 2.40. The van der Waals surface area contributed by atoms with Gasteiger partial charge in [-0.3, -0.25) is 10.1 Å². The highest BCUT2D eigenvalue weighted by Gasteiger charge is 2.24. The molecule has 0 N–H and O–H groups in total. The van der Waals surface area contributed by atoms with E-state index >= 15 is 0 Å². The Labute approximate surface area is 118 Å². The van der Waals surface area contributed by atoms with Gasteiger partial charge in [-0.15, -0.1) is 0 Å². The van der Waals surface area contributed by atoms with E-state index in [1.807, 2.05) is 0 Å². The van der Waals surface area contributed by atoms with Crippen LogP contribution in [0.5, 0.6) is 0 Å². The minimum absolute atomic E-state index is 0.150. The number of rotatable bonds is 3. The second kappa shape index (κ2) is 6.12. The van der Waals surface area contributed by atoms with Crippen molar-refractivity contribution in [1.29, 1.82) is 0 Å². The van der Waals surface area contributed by atoms with Gasteiger partial charge in [-0.1, -0.05) is 6.07 Å². The Morgan fingerprint density at radius 2 is 2.11 bits per heavy atom. The van der Waals surface area contributed by atoms with E-state index < -0.39 is 10.9 Å². The minimum atomic E-state index is -0.553. The zero-order valence-electron chi connectivity index (χ0n) is 10.0. The first-order valence-electron chi connectivity index (χ1n) is 5.81. The summed E-state index contributed by atoms with van der Waals surface area (Å²) >= 11 is 3.08. The third kappa shape index (κ3) is 3.30. The fourth-order valence-electron chi connectivity index (χ4n) is 1.83. The van der Waals surface area contributed by atoms with Crippen LogP contribution in [0.15, 0.2) is 22.7 Å². The summed E-state index contributed by atoms with van der Waals surface area (Å²) in [4.78, 5) is 22.2. The molecule has 0 aromatic heterocycles. The summed E-state index contributed by atoms with van der Waals surface area (Å²) in [6, 6.07) is 4.29. The smallest absolute Gasteiger partial charge is 0.339 e. The lowest BCUT2D eigenvalue weighted by molar-refractivity contribution is -0.385. The Kier molecular flexibility index (Phi) is 4.49. The van der Waals surface area contributed by atoms with Crippen LogP contribution < -0.4 is 0 Å². The number of esters is 1. The molecule has 1 aromatic rings. The molecule has 7 heteroatoms. The third-order valence-electron chi connectivity index (χ3n) is 2.84. The third-order valence-corrected chi connectivity index (χ3v) is 3.67. The number of carbonyl (C=O) groups excluding carboxylic acids is 1. The Morgan fingerprint density at radius 3 is 2.74 bits per heavy atom. The number of nitrogens with zero attached hydrogens (tertiary/aromatic N) is 1. The summed E-state index contributed by atoms with van der Waals surface area (Å²) in [6.45, 7) is 1.13. The van der Waals surface area contributed by atoms with Gasteiger partial charge < -0.3 is 9.47 Å². The maximum absolute atomic E-state index is 12.0. The molecule has 1 saturated heterocycles. The Bertz CT molecular complexity index is 499. The molecule has 0 bridgehead atoms.